The topological polar surface area (TPSA) is 73.6 Å². The van der Waals surface area contributed by atoms with Gasteiger partial charge in [0.15, 0.2) is 0 Å². The van der Waals surface area contributed by atoms with E-state index in [2.05, 4.69) is 5.10 Å². The molecule has 2 rings (SSSR count). The number of nitrogens with zero attached hydrogens (tertiary/aromatic N) is 2. The molecular formula is C13H21BN2O4. The Kier molecular flexibility index (Phi) is 3.93. The van der Waals surface area contributed by atoms with Crippen LogP contribution in [0, 0.1) is 0 Å². The van der Waals surface area contributed by atoms with E-state index in [1.165, 1.54) is 0 Å². The average Bonchev–Trinajstić information content (AvgIpc) is 2.82. The van der Waals surface area contributed by atoms with Crippen molar-refractivity contribution in [2.24, 2.45) is 0 Å². The van der Waals surface area contributed by atoms with Crippen LogP contribution in [-0.4, -0.2) is 39.2 Å². The van der Waals surface area contributed by atoms with Gasteiger partial charge in [-0.3, -0.25) is 9.48 Å². The Morgan fingerprint density at radius 3 is 2.50 bits per heavy atom. The lowest BCUT2D eigenvalue weighted by Crippen LogP contribution is -2.41. The number of hydrogen-bond acceptors (Lipinski definition) is 4. The molecule has 6 nitrogen and oxygen atoms in total. The predicted octanol–water partition coefficient (Wildman–Crippen LogP) is 1.05. The summed E-state index contributed by atoms with van der Waals surface area (Å²) in [7, 11) is -0.423. The molecule has 7 heteroatoms. The van der Waals surface area contributed by atoms with Crippen LogP contribution in [0.15, 0.2) is 12.4 Å². The van der Waals surface area contributed by atoms with E-state index in [0.717, 1.165) is 5.46 Å². The first-order chi connectivity index (χ1) is 9.21. The molecule has 110 valence electrons. The van der Waals surface area contributed by atoms with Gasteiger partial charge in [0.05, 0.1) is 11.2 Å². The normalized spacial score (nSPS) is 20.3. The van der Waals surface area contributed by atoms with Gasteiger partial charge in [0.25, 0.3) is 0 Å². The first-order valence-corrected chi connectivity index (χ1v) is 6.81. The highest BCUT2D eigenvalue weighted by Gasteiger charge is 2.52. The summed E-state index contributed by atoms with van der Waals surface area (Å²) in [4.78, 5) is 10.5. The van der Waals surface area contributed by atoms with Crippen LogP contribution >= 0.6 is 0 Å². The fraction of sp³-hybridized carbons (Fsp3) is 0.692. The van der Waals surface area contributed by atoms with Crippen molar-refractivity contribution < 1.29 is 19.2 Å². The minimum atomic E-state index is -0.789. The van der Waals surface area contributed by atoms with Gasteiger partial charge in [0.1, 0.15) is 0 Å². The second-order valence-corrected chi connectivity index (χ2v) is 6.12. The molecule has 20 heavy (non-hydrogen) atoms. The first-order valence-electron chi connectivity index (χ1n) is 6.81. The number of hydrogen-bond donors (Lipinski definition) is 1. The van der Waals surface area contributed by atoms with E-state index in [1.807, 2.05) is 33.9 Å². The molecule has 0 aliphatic carbocycles. The van der Waals surface area contributed by atoms with Crippen molar-refractivity contribution in [1.82, 2.24) is 9.78 Å². The number of aryl methyl sites for hydroxylation is 1. The predicted molar refractivity (Wildman–Crippen MR) is 74.8 cm³/mol. The zero-order valence-electron chi connectivity index (χ0n) is 12.4. The summed E-state index contributed by atoms with van der Waals surface area (Å²) >= 11 is 0. The van der Waals surface area contributed by atoms with Gasteiger partial charge in [0, 0.05) is 30.8 Å². The molecule has 1 saturated heterocycles. The Hall–Kier alpha value is -1.34. The van der Waals surface area contributed by atoms with E-state index >= 15 is 0 Å². The van der Waals surface area contributed by atoms with Gasteiger partial charge in [-0.05, 0) is 34.1 Å². The Morgan fingerprint density at radius 1 is 1.35 bits per heavy atom. The molecule has 1 fully saturated rings. The summed E-state index contributed by atoms with van der Waals surface area (Å²) in [5.74, 6) is -0.789. The van der Waals surface area contributed by atoms with Gasteiger partial charge in [-0.25, -0.2) is 0 Å². The van der Waals surface area contributed by atoms with E-state index in [-0.39, 0.29) is 17.6 Å². The third kappa shape index (κ3) is 3.04. The molecule has 0 unspecified atom stereocenters. The van der Waals surface area contributed by atoms with Gasteiger partial charge >= 0.3 is 13.1 Å². The highest BCUT2D eigenvalue weighted by molar-refractivity contribution is 6.61. The van der Waals surface area contributed by atoms with Crippen LogP contribution in [0.5, 0.6) is 0 Å². The lowest BCUT2D eigenvalue weighted by Gasteiger charge is -2.32. The number of carbonyl (C=O) groups is 1. The zero-order chi connectivity index (χ0) is 15.0. The standard InChI is InChI=1S/C13H21BN2O4/c1-12(2)13(3,4)20-14(19-12)10-8-15-16(9-10)7-5-6-11(17)18/h8-9H,5-7H2,1-4H3,(H,17,18). The van der Waals surface area contributed by atoms with Gasteiger partial charge in [-0.1, -0.05) is 0 Å². The Balaban J connectivity index is 1.98. The molecule has 1 aliphatic rings. The fourth-order valence-electron chi connectivity index (χ4n) is 1.99. The summed E-state index contributed by atoms with van der Waals surface area (Å²) in [6, 6.07) is 0. The summed E-state index contributed by atoms with van der Waals surface area (Å²) in [5, 5.41) is 12.8. The van der Waals surface area contributed by atoms with Crippen LogP contribution in [-0.2, 0) is 20.6 Å². The maximum absolute atomic E-state index is 10.5. The Labute approximate surface area is 119 Å². The Morgan fingerprint density at radius 2 is 1.95 bits per heavy atom. The summed E-state index contributed by atoms with van der Waals surface area (Å²) in [5.41, 5.74) is 0.116. The monoisotopic (exact) mass is 280 g/mol. The van der Waals surface area contributed by atoms with Crippen molar-refractivity contribution in [2.45, 2.75) is 58.3 Å². The van der Waals surface area contributed by atoms with Crippen molar-refractivity contribution in [3.63, 3.8) is 0 Å². The third-order valence-electron chi connectivity index (χ3n) is 3.96. The molecule has 0 atom stereocenters. The number of carboxylic acids is 1. The van der Waals surface area contributed by atoms with E-state index in [1.54, 1.807) is 10.9 Å². The molecule has 0 amide bonds. The lowest BCUT2D eigenvalue weighted by atomic mass is 9.82. The van der Waals surface area contributed by atoms with Crippen LogP contribution in [0.4, 0.5) is 0 Å². The molecule has 0 saturated carbocycles. The van der Waals surface area contributed by atoms with Crippen LogP contribution in [0.1, 0.15) is 40.5 Å². The van der Waals surface area contributed by atoms with Crippen molar-refractivity contribution in [3.05, 3.63) is 12.4 Å². The molecule has 0 spiro atoms. The van der Waals surface area contributed by atoms with Gasteiger partial charge in [-0.15, -0.1) is 0 Å². The first kappa shape index (κ1) is 15.1. The maximum Gasteiger partial charge on any atom is 0.498 e. The van der Waals surface area contributed by atoms with Crippen molar-refractivity contribution in [3.8, 4) is 0 Å². The Bertz CT molecular complexity index is 482. The number of carboxylic acid groups (broad SMARTS) is 1. The molecule has 0 radical (unpaired) electrons. The van der Waals surface area contributed by atoms with Gasteiger partial charge in [-0.2, -0.15) is 5.10 Å². The molecule has 0 bridgehead atoms. The van der Waals surface area contributed by atoms with E-state index in [0.29, 0.717) is 13.0 Å². The largest absolute Gasteiger partial charge is 0.498 e. The van der Waals surface area contributed by atoms with E-state index in [9.17, 15) is 4.79 Å². The summed E-state index contributed by atoms with van der Waals surface area (Å²) < 4.78 is 13.6. The van der Waals surface area contributed by atoms with Crippen molar-refractivity contribution >= 4 is 18.6 Å². The molecule has 0 aromatic carbocycles. The van der Waals surface area contributed by atoms with Crippen LogP contribution in [0.25, 0.3) is 0 Å². The minimum absolute atomic E-state index is 0.145. The quantitative estimate of drug-likeness (QED) is 0.816. The number of aromatic nitrogens is 2. The number of aliphatic carboxylic acids is 1. The third-order valence-corrected chi connectivity index (χ3v) is 3.96. The van der Waals surface area contributed by atoms with Crippen molar-refractivity contribution in [2.75, 3.05) is 0 Å². The molecule has 1 aliphatic heterocycles. The maximum atomic E-state index is 10.5. The lowest BCUT2D eigenvalue weighted by molar-refractivity contribution is -0.137. The van der Waals surface area contributed by atoms with Crippen LogP contribution < -0.4 is 5.46 Å². The molecule has 1 aromatic rings. The average molecular weight is 280 g/mol. The van der Waals surface area contributed by atoms with Crippen LogP contribution in [0.3, 0.4) is 0 Å². The van der Waals surface area contributed by atoms with Gasteiger partial charge in [0.2, 0.25) is 0 Å². The highest BCUT2D eigenvalue weighted by atomic mass is 16.7. The van der Waals surface area contributed by atoms with Crippen LogP contribution in [0.2, 0.25) is 0 Å². The number of rotatable bonds is 5. The summed E-state index contributed by atoms with van der Waals surface area (Å²) in [6.45, 7) is 8.59. The van der Waals surface area contributed by atoms with E-state index in [4.69, 9.17) is 14.4 Å². The van der Waals surface area contributed by atoms with Gasteiger partial charge < -0.3 is 14.4 Å². The smallest absolute Gasteiger partial charge is 0.481 e. The fourth-order valence-corrected chi connectivity index (χ4v) is 1.99. The second-order valence-electron chi connectivity index (χ2n) is 6.12. The molecule has 1 aromatic heterocycles. The molecular weight excluding hydrogens is 259 g/mol. The zero-order valence-corrected chi connectivity index (χ0v) is 12.4. The SMILES string of the molecule is CC1(C)OB(c2cnn(CCCC(=O)O)c2)OC1(C)C. The minimum Gasteiger partial charge on any atom is -0.481 e. The van der Waals surface area contributed by atoms with Crippen molar-refractivity contribution in [1.29, 1.82) is 0 Å². The van der Waals surface area contributed by atoms with E-state index < -0.39 is 13.1 Å². The summed E-state index contributed by atoms with van der Waals surface area (Å²) in [6.07, 6.45) is 4.26. The molecule has 2 heterocycles. The second kappa shape index (κ2) is 5.22. The highest BCUT2D eigenvalue weighted by Crippen LogP contribution is 2.36. The molecule has 1 N–H and O–H groups in total.